The van der Waals surface area contributed by atoms with Gasteiger partial charge in [-0.15, -0.1) is 11.6 Å². The Labute approximate surface area is 196 Å². The van der Waals surface area contributed by atoms with Gasteiger partial charge < -0.3 is 23.7 Å². The summed E-state index contributed by atoms with van der Waals surface area (Å²) in [5.74, 6) is -1.30. The number of fused-ring (bicyclic) bond motifs is 2. The molecule has 0 spiro atoms. The van der Waals surface area contributed by atoms with Crippen LogP contribution in [0.3, 0.4) is 0 Å². The second-order valence-electron chi connectivity index (χ2n) is 8.77. The third kappa shape index (κ3) is 4.77. The first-order valence-corrected chi connectivity index (χ1v) is 10.9. The first-order valence-electron chi connectivity index (χ1n) is 10.5. The Morgan fingerprint density at radius 3 is 2.55 bits per heavy atom. The summed E-state index contributed by atoms with van der Waals surface area (Å²) in [7, 11) is 0. The second-order valence-corrected chi connectivity index (χ2v) is 9.43. The fourth-order valence-corrected chi connectivity index (χ4v) is 3.44. The molecule has 9 heteroatoms. The molecule has 4 atom stereocenters. The van der Waals surface area contributed by atoms with E-state index in [1.165, 1.54) is 26.0 Å². The smallest absolute Gasteiger partial charge is 0.340 e. The maximum Gasteiger partial charge on any atom is 0.340 e. The van der Waals surface area contributed by atoms with Crippen LogP contribution in [-0.2, 0) is 19.1 Å². The van der Waals surface area contributed by atoms with Crippen molar-refractivity contribution in [2.75, 3.05) is 0 Å². The topological polar surface area (TPSA) is 112 Å². The van der Waals surface area contributed by atoms with Crippen LogP contribution in [0.15, 0.2) is 45.1 Å². The number of benzene rings is 1. The van der Waals surface area contributed by atoms with E-state index in [0.29, 0.717) is 16.5 Å². The molecule has 0 bridgehead atoms. The maximum atomic E-state index is 12.9. The van der Waals surface area contributed by atoms with Crippen molar-refractivity contribution in [3.63, 3.8) is 0 Å². The van der Waals surface area contributed by atoms with Crippen LogP contribution in [-0.4, -0.2) is 39.7 Å². The molecule has 1 aliphatic rings. The highest BCUT2D eigenvalue weighted by Gasteiger charge is 2.51. The van der Waals surface area contributed by atoms with Gasteiger partial charge in [-0.3, -0.25) is 0 Å². The van der Waals surface area contributed by atoms with Gasteiger partial charge in [-0.2, -0.15) is 0 Å². The van der Waals surface area contributed by atoms with Gasteiger partial charge in [0.1, 0.15) is 16.9 Å². The van der Waals surface area contributed by atoms with Crippen LogP contribution in [0, 0.1) is 0 Å². The van der Waals surface area contributed by atoms with E-state index < -0.39 is 46.4 Å². The number of alkyl halides is 1. The number of aliphatic hydroxyl groups is 1. The van der Waals surface area contributed by atoms with Crippen molar-refractivity contribution in [3.8, 4) is 5.75 Å². The minimum Gasteiger partial charge on any atom is -0.483 e. The van der Waals surface area contributed by atoms with Gasteiger partial charge in [0.25, 0.3) is 0 Å². The standard InChI is InChI=1S/C24H27ClO8/c1-7-12(2)21(27)32-20-19(31-22(28)24(6,29)13(3)25)15-10-14-8-9-18(26)30-16(14)11-17(15)33-23(20,4)5/h7-11,13,19-20,29H,1-6H3/t13-,19-,20-,24+/m1/s1. The monoisotopic (exact) mass is 478 g/mol. The zero-order valence-corrected chi connectivity index (χ0v) is 20.1. The van der Waals surface area contributed by atoms with Crippen molar-refractivity contribution in [1.29, 1.82) is 0 Å². The van der Waals surface area contributed by atoms with Gasteiger partial charge in [0, 0.05) is 28.7 Å². The molecule has 1 N–H and O–H groups in total. The van der Waals surface area contributed by atoms with Crippen LogP contribution < -0.4 is 10.4 Å². The van der Waals surface area contributed by atoms with E-state index in [-0.39, 0.29) is 11.3 Å². The molecule has 1 aliphatic heterocycles. The van der Waals surface area contributed by atoms with E-state index in [0.717, 1.165) is 0 Å². The third-order valence-corrected chi connectivity index (χ3v) is 6.23. The van der Waals surface area contributed by atoms with E-state index in [9.17, 15) is 19.5 Å². The van der Waals surface area contributed by atoms with E-state index in [1.807, 2.05) is 0 Å². The number of esters is 2. The normalized spacial score (nSPS) is 22.5. The van der Waals surface area contributed by atoms with Crippen LogP contribution in [0.1, 0.15) is 53.2 Å². The minimum atomic E-state index is -2.00. The van der Waals surface area contributed by atoms with Crippen LogP contribution in [0.5, 0.6) is 5.75 Å². The first-order chi connectivity index (χ1) is 15.3. The Bertz CT molecular complexity index is 1170. The molecular weight excluding hydrogens is 452 g/mol. The average molecular weight is 479 g/mol. The van der Waals surface area contributed by atoms with E-state index in [1.54, 1.807) is 45.9 Å². The molecule has 1 aromatic carbocycles. The van der Waals surface area contributed by atoms with Crippen LogP contribution in [0.25, 0.3) is 11.0 Å². The largest absolute Gasteiger partial charge is 0.483 e. The van der Waals surface area contributed by atoms with Crippen molar-refractivity contribution in [1.82, 2.24) is 0 Å². The van der Waals surface area contributed by atoms with Gasteiger partial charge in [0.2, 0.25) is 0 Å². The minimum absolute atomic E-state index is 0.281. The second kappa shape index (κ2) is 8.83. The molecule has 0 aliphatic carbocycles. The molecular formula is C24H27ClO8. The molecule has 0 unspecified atom stereocenters. The zero-order chi connectivity index (χ0) is 24.7. The number of carbonyl (C=O) groups excluding carboxylic acids is 2. The Balaban J connectivity index is 2.16. The molecule has 3 rings (SSSR count). The van der Waals surface area contributed by atoms with Gasteiger partial charge >= 0.3 is 17.6 Å². The van der Waals surface area contributed by atoms with Gasteiger partial charge in [0.15, 0.2) is 17.8 Å². The molecule has 0 radical (unpaired) electrons. The summed E-state index contributed by atoms with van der Waals surface area (Å²) < 4.78 is 22.8. The molecule has 0 fully saturated rings. The summed E-state index contributed by atoms with van der Waals surface area (Å²) >= 11 is 6.00. The molecule has 0 amide bonds. The summed E-state index contributed by atoms with van der Waals surface area (Å²) in [5, 5.41) is 10.2. The molecule has 0 saturated carbocycles. The SMILES string of the molecule is CC=C(C)C(=O)O[C@@H]1[C@H](OC(=O)[C@@](C)(O)[C@@H](C)Cl)c2cc3ccc(=O)oc3cc2OC1(C)C. The van der Waals surface area contributed by atoms with Crippen LogP contribution in [0.4, 0.5) is 0 Å². The Kier molecular flexibility index (Phi) is 6.64. The molecule has 1 aromatic heterocycles. The zero-order valence-electron chi connectivity index (χ0n) is 19.3. The Morgan fingerprint density at radius 2 is 1.94 bits per heavy atom. The number of carbonyl (C=O) groups is 2. The van der Waals surface area contributed by atoms with Crippen molar-refractivity contribution < 1.29 is 33.3 Å². The molecule has 178 valence electrons. The highest BCUT2D eigenvalue weighted by atomic mass is 35.5. The number of allylic oxidation sites excluding steroid dienone is 1. The number of rotatable bonds is 5. The maximum absolute atomic E-state index is 12.9. The average Bonchev–Trinajstić information content (AvgIpc) is 2.73. The summed E-state index contributed by atoms with van der Waals surface area (Å²) in [6.07, 6.45) is -0.599. The quantitative estimate of drug-likeness (QED) is 0.299. The van der Waals surface area contributed by atoms with Crippen molar-refractivity contribution in [2.45, 2.75) is 70.3 Å². The predicted octanol–water partition coefficient (Wildman–Crippen LogP) is 3.80. The van der Waals surface area contributed by atoms with Gasteiger partial charge in [-0.25, -0.2) is 14.4 Å². The number of halogens is 1. The Morgan fingerprint density at radius 1 is 1.27 bits per heavy atom. The number of ether oxygens (including phenoxy) is 3. The summed E-state index contributed by atoms with van der Waals surface area (Å²) in [4.78, 5) is 37.2. The number of hydrogen-bond donors (Lipinski definition) is 1. The van der Waals surface area contributed by atoms with E-state index in [2.05, 4.69) is 0 Å². The lowest BCUT2D eigenvalue weighted by Crippen LogP contribution is -2.54. The van der Waals surface area contributed by atoms with Gasteiger partial charge in [0.05, 0.1) is 5.38 Å². The van der Waals surface area contributed by atoms with E-state index in [4.69, 9.17) is 30.2 Å². The van der Waals surface area contributed by atoms with Gasteiger partial charge in [-0.1, -0.05) is 6.08 Å². The lowest BCUT2D eigenvalue weighted by atomic mass is 9.87. The van der Waals surface area contributed by atoms with E-state index >= 15 is 0 Å². The third-order valence-electron chi connectivity index (χ3n) is 5.80. The fraction of sp³-hybridized carbons (Fsp3) is 0.458. The van der Waals surface area contributed by atoms with Crippen molar-refractivity contribution in [3.05, 3.63) is 51.9 Å². The molecule has 2 aromatic rings. The lowest BCUT2D eigenvalue weighted by Gasteiger charge is -2.44. The molecule has 8 nitrogen and oxygen atoms in total. The van der Waals surface area contributed by atoms with Crippen LogP contribution in [0.2, 0.25) is 0 Å². The molecule has 33 heavy (non-hydrogen) atoms. The number of hydrogen-bond acceptors (Lipinski definition) is 8. The molecule has 2 heterocycles. The molecule has 0 saturated heterocycles. The Hall–Kier alpha value is -2.84. The highest BCUT2D eigenvalue weighted by molar-refractivity contribution is 6.22. The summed E-state index contributed by atoms with van der Waals surface area (Å²) in [6.45, 7) is 9.36. The lowest BCUT2D eigenvalue weighted by molar-refractivity contribution is -0.197. The summed E-state index contributed by atoms with van der Waals surface area (Å²) in [5.41, 5.74) is -2.64. The fourth-order valence-electron chi connectivity index (χ4n) is 3.35. The first kappa shape index (κ1) is 24.8. The van der Waals surface area contributed by atoms with Gasteiger partial charge in [-0.05, 0) is 53.7 Å². The summed E-state index contributed by atoms with van der Waals surface area (Å²) in [6, 6.07) is 5.97. The van der Waals surface area contributed by atoms with Crippen molar-refractivity contribution >= 4 is 34.5 Å². The van der Waals surface area contributed by atoms with Crippen LogP contribution >= 0.6 is 11.6 Å². The van der Waals surface area contributed by atoms with Crippen molar-refractivity contribution in [2.24, 2.45) is 0 Å². The predicted molar refractivity (Wildman–Crippen MR) is 121 cm³/mol. The highest BCUT2D eigenvalue weighted by Crippen LogP contribution is 2.45.